The Kier molecular flexibility index (Phi) is 8.84. The molecule has 35 heavy (non-hydrogen) atoms. The van der Waals surface area contributed by atoms with Gasteiger partial charge in [0.1, 0.15) is 11.4 Å². The third kappa shape index (κ3) is 6.37. The molecular weight excluding hydrogens is 495 g/mol. The van der Waals surface area contributed by atoms with Crippen LogP contribution in [0, 0.1) is 0 Å². The normalized spacial score (nSPS) is 11.7. The van der Waals surface area contributed by atoms with Crippen molar-refractivity contribution in [2.75, 3.05) is 22.5 Å². The molecule has 1 unspecified atom stereocenters. The zero-order chi connectivity index (χ0) is 25.5. The first-order valence-electron chi connectivity index (χ1n) is 11.0. The number of hydrogen-bond donors (Lipinski definition) is 4. The summed E-state index contributed by atoms with van der Waals surface area (Å²) in [5.41, 5.74) is 0.00272. The van der Waals surface area contributed by atoms with Crippen LogP contribution >= 0.6 is 23.2 Å². The number of nitrogens with zero attached hydrogens (tertiary/aromatic N) is 1. The molecule has 184 valence electrons. The number of hydrogen-bond acceptors (Lipinski definition) is 7. The largest absolute Gasteiger partial charge is 0.481 e. The van der Waals surface area contributed by atoms with Crippen LogP contribution in [0.4, 0.5) is 17.1 Å². The van der Waals surface area contributed by atoms with Gasteiger partial charge in [-0.15, -0.1) is 0 Å². The Bertz CT molecular complexity index is 1270. The summed E-state index contributed by atoms with van der Waals surface area (Å²) in [7, 11) is 0. The molecule has 1 aromatic heterocycles. The molecule has 11 heteroatoms. The van der Waals surface area contributed by atoms with Crippen molar-refractivity contribution in [3.05, 3.63) is 78.3 Å². The highest BCUT2D eigenvalue weighted by Crippen LogP contribution is 2.28. The van der Waals surface area contributed by atoms with Gasteiger partial charge in [-0.25, -0.2) is 0 Å². The van der Waals surface area contributed by atoms with Crippen molar-refractivity contribution < 1.29 is 14.7 Å². The van der Waals surface area contributed by atoms with Crippen LogP contribution in [-0.4, -0.2) is 28.5 Å². The lowest BCUT2D eigenvalue weighted by atomic mass is 10.0. The van der Waals surface area contributed by atoms with E-state index in [-0.39, 0.29) is 33.4 Å². The van der Waals surface area contributed by atoms with Gasteiger partial charge < -0.3 is 21.1 Å². The van der Waals surface area contributed by atoms with Crippen LogP contribution in [-0.2, 0) is 4.79 Å². The first-order valence-corrected chi connectivity index (χ1v) is 11.7. The number of carbonyl (C=O) groups excluding carboxylic acids is 1. The fourth-order valence-corrected chi connectivity index (χ4v) is 4.04. The third-order valence-electron chi connectivity index (χ3n) is 5.34. The predicted molar refractivity (Wildman–Crippen MR) is 137 cm³/mol. The Morgan fingerprint density at radius 3 is 2.23 bits per heavy atom. The molecule has 0 aliphatic rings. The van der Waals surface area contributed by atoms with Crippen molar-refractivity contribution in [2.45, 2.75) is 38.6 Å². The van der Waals surface area contributed by atoms with Gasteiger partial charge >= 0.3 is 5.97 Å². The standard InChI is InChI=1S/C24H24Cl2N4O5/c1-2-3-4-9-28-20-21(23(34)22(20)33)30-17(10-18(31)32)13-5-7-14(8-6-13)29-24(35)19-15(25)11-27-12-16(19)26/h5-8,11-12,17,28,30H,2-4,9-10H2,1H3,(H,29,35)(H,31,32). The van der Waals surface area contributed by atoms with Gasteiger partial charge in [0.05, 0.1) is 28.1 Å². The third-order valence-corrected chi connectivity index (χ3v) is 5.91. The van der Waals surface area contributed by atoms with Crippen LogP contribution in [0.1, 0.15) is 54.6 Å². The average molecular weight is 519 g/mol. The molecule has 9 nitrogen and oxygen atoms in total. The van der Waals surface area contributed by atoms with E-state index < -0.39 is 28.8 Å². The number of carbonyl (C=O) groups is 2. The highest BCUT2D eigenvalue weighted by atomic mass is 35.5. The van der Waals surface area contributed by atoms with Crippen LogP contribution in [0.25, 0.3) is 0 Å². The van der Waals surface area contributed by atoms with Gasteiger partial charge in [-0.1, -0.05) is 55.1 Å². The second-order valence-electron chi connectivity index (χ2n) is 7.89. The molecule has 1 atom stereocenters. The topological polar surface area (TPSA) is 137 Å². The molecule has 1 amide bonds. The lowest BCUT2D eigenvalue weighted by Crippen LogP contribution is -2.38. The second-order valence-corrected chi connectivity index (χ2v) is 8.71. The molecule has 0 saturated carbocycles. The number of rotatable bonds is 12. The molecule has 0 aliphatic carbocycles. The fourth-order valence-electron chi connectivity index (χ4n) is 3.51. The zero-order valence-corrected chi connectivity index (χ0v) is 20.4. The van der Waals surface area contributed by atoms with Crippen LogP contribution in [0.2, 0.25) is 10.0 Å². The SMILES string of the molecule is CCCCCNc1c(NC(CC(=O)O)c2ccc(NC(=O)c3c(Cl)cncc3Cl)cc2)c(=O)c1=O. The maximum absolute atomic E-state index is 12.6. The van der Waals surface area contributed by atoms with E-state index in [4.69, 9.17) is 23.2 Å². The molecule has 0 fully saturated rings. The quantitative estimate of drug-likeness (QED) is 0.203. The van der Waals surface area contributed by atoms with Crippen molar-refractivity contribution in [3.63, 3.8) is 0 Å². The number of aromatic nitrogens is 1. The van der Waals surface area contributed by atoms with E-state index >= 15 is 0 Å². The molecule has 0 spiro atoms. The summed E-state index contributed by atoms with van der Waals surface area (Å²) in [6, 6.07) is 5.62. The first kappa shape index (κ1) is 26.2. The number of halogens is 2. The summed E-state index contributed by atoms with van der Waals surface area (Å²) < 4.78 is 0. The van der Waals surface area contributed by atoms with Gasteiger partial charge in [-0.3, -0.25) is 24.2 Å². The summed E-state index contributed by atoms with van der Waals surface area (Å²) in [6.07, 6.45) is 5.12. The fraction of sp³-hybridized carbons (Fsp3) is 0.292. The minimum Gasteiger partial charge on any atom is -0.481 e. The Morgan fingerprint density at radius 1 is 1.00 bits per heavy atom. The maximum atomic E-state index is 12.6. The number of amides is 1. The monoisotopic (exact) mass is 518 g/mol. The Balaban J connectivity index is 1.76. The molecule has 3 aromatic rings. The summed E-state index contributed by atoms with van der Waals surface area (Å²) in [5, 5.41) is 18.1. The Labute approximate surface area is 211 Å². The van der Waals surface area contributed by atoms with Crippen molar-refractivity contribution in [2.24, 2.45) is 0 Å². The summed E-state index contributed by atoms with van der Waals surface area (Å²) in [4.78, 5) is 52.0. The van der Waals surface area contributed by atoms with Crippen LogP contribution < -0.4 is 26.8 Å². The molecule has 4 N–H and O–H groups in total. The van der Waals surface area contributed by atoms with E-state index in [9.17, 15) is 24.3 Å². The summed E-state index contributed by atoms with van der Waals surface area (Å²) in [5.74, 6) is -1.61. The highest BCUT2D eigenvalue weighted by Gasteiger charge is 2.25. The number of aliphatic carboxylic acids is 1. The van der Waals surface area contributed by atoms with Gasteiger partial charge in [0, 0.05) is 24.6 Å². The lowest BCUT2D eigenvalue weighted by Gasteiger charge is -2.22. The number of unbranched alkanes of at least 4 members (excludes halogenated alkanes) is 2. The predicted octanol–water partition coefficient (Wildman–Crippen LogP) is 4.47. The average Bonchev–Trinajstić information content (AvgIpc) is 2.82. The minimum absolute atomic E-state index is 0.0805. The first-order chi connectivity index (χ1) is 16.7. The number of pyridine rings is 1. The molecule has 1 heterocycles. The number of carboxylic acid groups (broad SMARTS) is 1. The van der Waals surface area contributed by atoms with E-state index in [1.165, 1.54) is 12.4 Å². The van der Waals surface area contributed by atoms with Crippen molar-refractivity contribution >= 4 is 52.1 Å². The van der Waals surface area contributed by atoms with Gasteiger partial charge in [0.15, 0.2) is 0 Å². The van der Waals surface area contributed by atoms with Gasteiger partial charge in [-0.05, 0) is 24.1 Å². The molecule has 0 aliphatic heterocycles. The molecule has 3 rings (SSSR count). The Hall–Kier alpha value is -3.43. The van der Waals surface area contributed by atoms with Gasteiger partial charge in [-0.2, -0.15) is 0 Å². The van der Waals surface area contributed by atoms with E-state index in [0.29, 0.717) is 17.8 Å². The molecule has 0 saturated heterocycles. The number of nitrogens with one attached hydrogen (secondary N) is 3. The lowest BCUT2D eigenvalue weighted by molar-refractivity contribution is -0.137. The molecular formula is C24H24Cl2N4O5. The van der Waals surface area contributed by atoms with Gasteiger partial charge in [0.2, 0.25) is 0 Å². The van der Waals surface area contributed by atoms with Gasteiger partial charge in [0.25, 0.3) is 16.8 Å². The second kappa shape index (κ2) is 11.8. The van der Waals surface area contributed by atoms with E-state index in [2.05, 4.69) is 27.9 Å². The summed E-state index contributed by atoms with van der Waals surface area (Å²) >= 11 is 12.0. The van der Waals surface area contributed by atoms with E-state index in [1.807, 2.05) is 0 Å². The number of anilines is 3. The smallest absolute Gasteiger partial charge is 0.305 e. The zero-order valence-electron chi connectivity index (χ0n) is 18.9. The van der Waals surface area contributed by atoms with Crippen molar-refractivity contribution in [1.29, 1.82) is 0 Å². The highest BCUT2D eigenvalue weighted by molar-refractivity contribution is 6.40. The minimum atomic E-state index is -1.09. The number of carboxylic acids is 1. The molecule has 0 radical (unpaired) electrons. The molecule has 0 bridgehead atoms. The van der Waals surface area contributed by atoms with Crippen molar-refractivity contribution in [3.8, 4) is 0 Å². The summed E-state index contributed by atoms with van der Waals surface area (Å²) in [6.45, 7) is 2.60. The van der Waals surface area contributed by atoms with Crippen LogP contribution in [0.3, 0.4) is 0 Å². The number of benzene rings is 1. The van der Waals surface area contributed by atoms with Crippen LogP contribution in [0.5, 0.6) is 0 Å². The molecule has 2 aromatic carbocycles. The maximum Gasteiger partial charge on any atom is 0.305 e. The van der Waals surface area contributed by atoms with E-state index in [0.717, 1.165) is 19.3 Å². The van der Waals surface area contributed by atoms with Crippen molar-refractivity contribution in [1.82, 2.24) is 4.98 Å². The van der Waals surface area contributed by atoms with Crippen LogP contribution in [0.15, 0.2) is 46.2 Å². The Morgan fingerprint density at radius 2 is 1.63 bits per heavy atom. The van der Waals surface area contributed by atoms with E-state index in [1.54, 1.807) is 24.3 Å².